The lowest BCUT2D eigenvalue weighted by molar-refractivity contribution is 0.0693. The van der Waals surface area contributed by atoms with E-state index in [-0.39, 0.29) is 5.56 Å². The van der Waals surface area contributed by atoms with Crippen molar-refractivity contribution in [3.63, 3.8) is 0 Å². The molecule has 0 bridgehead atoms. The quantitative estimate of drug-likeness (QED) is 0.545. The number of nitrogens with zero attached hydrogens (tertiary/aromatic N) is 2. The lowest BCUT2D eigenvalue weighted by Gasteiger charge is -2.03. The van der Waals surface area contributed by atoms with Crippen LogP contribution in [0.1, 0.15) is 10.4 Å². The van der Waals surface area contributed by atoms with Gasteiger partial charge in [-0.1, -0.05) is 11.8 Å². The van der Waals surface area contributed by atoms with Crippen LogP contribution in [0, 0.1) is 0 Å². The first-order valence-corrected chi connectivity index (χ1v) is 4.63. The van der Waals surface area contributed by atoms with Gasteiger partial charge in [0.1, 0.15) is 5.56 Å². The van der Waals surface area contributed by atoms with E-state index in [4.69, 9.17) is 5.11 Å². The molecule has 0 atom stereocenters. The van der Waals surface area contributed by atoms with Crippen molar-refractivity contribution in [1.29, 1.82) is 0 Å². The molecule has 0 saturated heterocycles. The molecule has 6 heteroatoms. The van der Waals surface area contributed by atoms with Gasteiger partial charge in [-0.05, 0) is 6.26 Å². The summed E-state index contributed by atoms with van der Waals surface area (Å²) in [6.07, 6.45) is 2.85. The predicted octanol–water partition coefficient (Wildman–Crippen LogP) is 0.200. The number of thioether (sulfide) groups is 1. The normalized spacial score (nSPS) is 10.0. The number of hydrogen-bond acceptors (Lipinski definition) is 4. The molecule has 1 rings (SSSR count). The first kappa shape index (κ1) is 9.79. The fourth-order valence-corrected chi connectivity index (χ4v) is 1.38. The van der Waals surface area contributed by atoms with Crippen molar-refractivity contribution in [1.82, 2.24) is 9.55 Å². The van der Waals surface area contributed by atoms with E-state index in [9.17, 15) is 9.59 Å². The Morgan fingerprint density at radius 3 is 2.77 bits per heavy atom. The van der Waals surface area contributed by atoms with E-state index in [1.165, 1.54) is 23.4 Å². The Bertz CT molecular complexity index is 399. The predicted molar refractivity (Wildman–Crippen MR) is 48.2 cm³/mol. The first-order valence-electron chi connectivity index (χ1n) is 3.41. The molecular formula is C7H8N2O3S. The third-order valence-electron chi connectivity index (χ3n) is 1.54. The van der Waals surface area contributed by atoms with Gasteiger partial charge in [0, 0.05) is 13.2 Å². The van der Waals surface area contributed by atoms with Gasteiger partial charge in [-0.2, -0.15) is 0 Å². The van der Waals surface area contributed by atoms with Gasteiger partial charge in [0.05, 0.1) is 0 Å². The van der Waals surface area contributed by atoms with E-state index in [0.717, 1.165) is 6.20 Å². The smallest absolute Gasteiger partial charge is 0.342 e. The molecule has 0 fully saturated rings. The highest BCUT2D eigenvalue weighted by atomic mass is 32.2. The molecule has 1 N–H and O–H groups in total. The van der Waals surface area contributed by atoms with E-state index < -0.39 is 11.5 Å². The summed E-state index contributed by atoms with van der Waals surface area (Å²) in [6.45, 7) is 0. The third-order valence-corrected chi connectivity index (χ3v) is 2.28. The molecule has 0 unspecified atom stereocenters. The van der Waals surface area contributed by atoms with Crippen molar-refractivity contribution < 1.29 is 9.90 Å². The van der Waals surface area contributed by atoms with Crippen molar-refractivity contribution in [3.8, 4) is 0 Å². The third kappa shape index (κ3) is 1.72. The van der Waals surface area contributed by atoms with Crippen molar-refractivity contribution >= 4 is 17.7 Å². The van der Waals surface area contributed by atoms with Crippen LogP contribution in [0.15, 0.2) is 16.1 Å². The molecule has 13 heavy (non-hydrogen) atoms. The van der Waals surface area contributed by atoms with Crippen molar-refractivity contribution in [2.24, 2.45) is 7.05 Å². The zero-order chi connectivity index (χ0) is 10.0. The fourth-order valence-electron chi connectivity index (χ4n) is 0.865. The molecule has 1 aromatic rings. The Morgan fingerprint density at radius 2 is 2.31 bits per heavy atom. The van der Waals surface area contributed by atoms with E-state index in [1.54, 1.807) is 6.26 Å². The Hall–Kier alpha value is -1.30. The van der Waals surface area contributed by atoms with Crippen LogP contribution in [0.2, 0.25) is 0 Å². The minimum Gasteiger partial charge on any atom is -0.477 e. The standard InChI is InChI=1S/C7H8N2O3S/c1-9-5(10)4(6(11)12)3-8-7(9)13-2/h3H,1-2H3,(H,11,12). The minimum atomic E-state index is -1.25. The lowest BCUT2D eigenvalue weighted by Crippen LogP contribution is -2.26. The summed E-state index contributed by atoms with van der Waals surface area (Å²) >= 11 is 1.29. The molecule has 1 aromatic heterocycles. The molecule has 1 heterocycles. The van der Waals surface area contributed by atoms with Crippen LogP contribution in [0.4, 0.5) is 0 Å². The summed E-state index contributed by atoms with van der Waals surface area (Å²) in [5.74, 6) is -1.25. The number of carboxylic acids is 1. The number of carboxylic acid groups (broad SMARTS) is 1. The fraction of sp³-hybridized carbons (Fsp3) is 0.286. The molecule has 0 aliphatic carbocycles. The van der Waals surface area contributed by atoms with Crippen molar-refractivity contribution in [2.75, 3.05) is 6.26 Å². The Labute approximate surface area is 78.4 Å². The number of carbonyl (C=O) groups is 1. The van der Waals surface area contributed by atoms with Gasteiger partial charge in [0.25, 0.3) is 5.56 Å². The second-order valence-corrected chi connectivity index (χ2v) is 3.10. The molecule has 0 aromatic carbocycles. The summed E-state index contributed by atoms with van der Waals surface area (Å²) in [7, 11) is 1.49. The van der Waals surface area contributed by atoms with Crippen LogP contribution in [-0.2, 0) is 7.05 Å². The van der Waals surface area contributed by atoms with Crippen molar-refractivity contribution in [2.45, 2.75) is 5.16 Å². The van der Waals surface area contributed by atoms with Crippen LogP contribution in [0.5, 0.6) is 0 Å². The van der Waals surface area contributed by atoms with Crippen LogP contribution in [0.25, 0.3) is 0 Å². The Kier molecular flexibility index (Phi) is 2.72. The largest absolute Gasteiger partial charge is 0.477 e. The van der Waals surface area contributed by atoms with Crippen LogP contribution in [-0.4, -0.2) is 26.9 Å². The molecule has 0 amide bonds. The molecule has 5 nitrogen and oxygen atoms in total. The van der Waals surface area contributed by atoms with E-state index in [0.29, 0.717) is 5.16 Å². The number of hydrogen-bond donors (Lipinski definition) is 1. The maximum atomic E-state index is 11.3. The van der Waals surface area contributed by atoms with Crippen LogP contribution in [0.3, 0.4) is 0 Å². The maximum absolute atomic E-state index is 11.3. The van der Waals surface area contributed by atoms with Gasteiger partial charge < -0.3 is 5.11 Å². The van der Waals surface area contributed by atoms with E-state index in [2.05, 4.69) is 4.98 Å². The minimum absolute atomic E-state index is 0.305. The summed E-state index contributed by atoms with van der Waals surface area (Å²) in [5.41, 5.74) is -0.841. The zero-order valence-electron chi connectivity index (χ0n) is 7.14. The lowest BCUT2D eigenvalue weighted by atomic mass is 10.3. The molecule has 0 saturated carbocycles. The second-order valence-electron chi connectivity index (χ2n) is 2.33. The monoisotopic (exact) mass is 200 g/mol. The Morgan fingerprint density at radius 1 is 1.69 bits per heavy atom. The first-order chi connectivity index (χ1) is 6.07. The maximum Gasteiger partial charge on any atom is 0.342 e. The summed E-state index contributed by atoms with van der Waals surface area (Å²) < 4.78 is 1.22. The average Bonchev–Trinajstić information content (AvgIpc) is 2.09. The summed E-state index contributed by atoms with van der Waals surface area (Å²) in [6, 6.07) is 0. The molecular weight excluding hydrogens is 192 g/mol. The topological polar surface area (TPSA) is 72.2 Å². The molecule has 0 aliphatic heterocycles. The zero-order valence-corrected chi connectivity index (χ0v) is 7.96. The number of aromatic carboxylic acids is 1. The second kappa shape index (κ2) is 3.61. The molecule has 0 spiro atoms. The highest BCUT2D eigenvalue weighted by molar-refractivity contribution is 7.98. The summed E-state index contributed by atoms with van der Waals surface area (Å²) in [5, 5.41) is 9.09. The highest BCUT2D eigenvalue weighted by Crippen LogP contribution is 2.07. The highest BCUT2D eigenvalue weighted by Gasteiger charge is 2.11. The number of aromatic nitrogens is 2. The summed E-state index contributed by atoms with van der Waals surface area (Å²) in [4.78, 5) is 25.7. The molecule has 0 aliphatic rings. The van der Waals surface area contributed by atoms with E-state index >= 15 is 0 Å². The van der Waals surface area contributed by atoms with Gasteiger partial charge >= 0.3 is 5.97 Å². The van der Waals surface area contributed by atoms with Gasteiger partial charge in [-0.25, -0.2) is 9.78 Å². The molecule has 70 valence electrons. The van der Waals surface area contributed by atoms with Crippen LogP contribution >= 0.6 is 11.8 Å². The van der Waals surface area contributed by atoms with Crippen LogP contribution < -0.4 is 5.56 Å². The van der Waals surface area contributed by atoms with Gasteiger partial charge in [0.15, 0.2) is 5.16 Å². The van der Waals surface area contributed by atoms with Gasteiger partial charge in [-0.15, -0.1) is 0 Å². The average molecular weight is 200 g/mol. The van der Waals surface area contributed by atoms with E-state index in [1.807, 2.05) is 0 Å². The van der Waals surface area contributed by atoms with Crippen molar-refractivity contribution in [3.05, 3.63) is 22.1 Å². The number of rotatable bonds is 2. The Balaban J connectivity index is 3.40. The van der Waals surface area contributed by atoms with Gasteiger partial charge in [0.2, 0.25) is 0 Å². The SMILES string of the molecule is CSc1ncc(C(=O)O)c(=O)n1C. The van der Waals surface area contributed by atoms with Gasteiger partial charge in [-0.3, -0.25) is 9.36 Å². The molecule has 0 radical (unpaired) electrons.